The number of alkyl halides is 3. The van der Waals surface area contributed by atoms with Gasteiger partial charge in [0.05, 0.1) is 12.2 Å². The summed E-state index contributed by atoms with van der Waals surface area (Å²) in [7, 11) is 0. The zero-order valence-electron chi connectivity index (χ0n) is 9.58. The van der Waals surface area contributed by atoms with Crippen molar-refractivity contribution in [2.24, 2.45) is 0 Å². The summed E-state index contributed by atoms with van der Waals surface area (Å²) in [4.78, 5) is 3.39. The Morgan fingerprint density at radius 2 is 1.74 bits per heavy atom. The molecule has 6 heteroatoms. The monoisotopic (exact) mass is 271 g/mol. The molecule has 0 aliphatic heterocycles. The van der Waals surface area contributed by atoms with Gasteiger partial charge in [0.25, 0.3) is 0 Å². The Kier molecular flexibility index (Phi) is 3.53. The van der Waals surface area contributed by atoms with Crippen LogP contribution in [-0.4, -0.2) is 10.1 Å². The van der Waals surface area contributed by atoms with Crippen molar-refractivity contribution < 1.29 is 22.7 Å². The average molecular weight is 271 g/mol. The summed E-state index contributed by atoms with van der Waals surface area (Å²) in [5.41, 5.74) is -0.475. The molecule has 19 heavy (non-hydrogen) atoms. The summed E-state index contributed by atoms with van der Waals surface area (Å²) in [6.07, 6.45) is -3.40. The van der Waals surface area contributed by atoms with E-state index in [2.05, 4.69) is 4.98 Å². The Morgan fingerprint density at radius 3 is 2.26 bits per heavy atom. The number of aromatic nitrogens is 1. The number of hydrogen-bond acceptors (Lipinski definition) is 2. The molecule has 100 valence electrons. The van der Waals surface area contributed by atoms with E-state index in [1.54, 1.807) is 0 Å². The average Bonchev–Trinajstić information content (AvgIpc) is 2.38. The molecule has 0 aliphatic rings. The largest absolute Gasteiger partial charge is 0.416 e. The van der Waals surface area contributed by atoms with Crippen molar-refractivity contribution in [3.63, 3.8) is 0 Å². The van der Waals surface area contributed by atoms with Crippen molar-refractivity contribution in [2.75, 3.05) is 0 Å². The predicted molar refractivity (Wildman–Crippen MR) is 60.6 cm³/mol. The molecule has 0 atom stereocenters. The molecule has 0 aliphatic carbocycles. The van der Waals surface area contributed by atoms with E-state index in [-0.39, 0.29) is 11.1 Å². The van der Waals surface area contributed by atoms with Crippen LogP contribution in [0.3, 0.4) is 0 Å². The number of benzene rings is 1. The molecule has 0 spiro atoms. The van der Waals surface area contributed by atoms with Crippen molar-refractivity contribution in [3.05, 3.63) is 53.6 Å². The van der Waals surface area contributed by atoms with Crippen molar-refractivity contribution >= 4 is 0 Å². The number of rotatable bonds is 2. The summed E-state index contributed by atoms with van der Waals surface area (Å²) in [5.74, 6) is -0.702. The van der Waals surface area contributed by atoms with E-state index in [4.69, 9.17) is 5.11 Å². The lowest BCUT2D eigenvalue weighted by Gasteiger charge is -2.13. The van der Waals surface area contributed by atoms with E-state index in [0.717, 1.165) is 18.3 Å². The number of pyridine rings is 1. The lowest BCUT2D eigenvalue weighted by Crippen LogP contribution is -2.09. The van der Waals surface area contributed by atoms with Crippen LogP contribution in [-0.2, 0) is 12.8 Å². The van der Waals surface area contributed by atoms with Gasteiger partial charge in [-0.25, -0.2) is 4.98 Å². The molecule has 1 aromatic carbocycles. The van der Waals surface area contributed by atoms with E-state index >= 15 is 0 Å². The fourth-order valence-corrected chi connectivity index (χ4v) is 1.70. The van der Waals surface area contributed by atoms with E-state index < -0.39 is 24.3 Å². The van der Waals surface area contributed by atoms with Crippen LogP contribution in [0.2, 0.25) is 0 Å². The van der Waals surface area contributed by atoms with Crippen LogP contribution in [0, 0.1) is 5.95 Å². The first-order valence-corrected chi connectivity index (χ1v) is 5.34. The lowest BCUT2D eigenvalue weighted by atomic mass is 10.00. The van der Waals surface area contributed by atoms with Crippen molar-refractivity contribution in [3.8, 4) is 11.1 Å². The minimum absolute atomic E-state index is 0.202. The first-order chi connectivity index (χ1) is 8.91. The molecule has 0 unspecified atom stereocenters. The van der Waals surface area contributed by atoms with E-state index in [0.29, 0.717) is 5.56 Å². The molecule has 1 aromatic heterocycles. The minimum atomic E-state index is -4.55. The third-order valence-electron chi connectivity index (χ3n) is 2.65. The van der Waals surface area contributed by atoms with Gasteiger partial charge in [-0.05, 0) is 29.3 Å². The summed E-state index contributed by atoms with van der Waals surface area (Å²) < 4.78 is 51.1. The summed E-state index contributed by atoms with van der Waals surface area (Å²) in [6.45, 7) is -0.698. The first kappa shape index (κ1) is 13.5. The molecule has 0 saturated carbocycles. The maximum atomic E-state index is 12.8. The number of aliphatic hydroxyl groups excluding tert-OH is 1. The second-order valence-corrected chi connectivity index (χ2v) is 3.90. The maximum Gasteiger partial charge on any atom is 0.416 e. The van der Waals surface area contributed by atoms with Gasteiger partial charge >= 0.3 is 6.18 Å². The number of hydrogen-bond donors (Lipinski definition) is 1. The van der Waals surface area contributed by atoms with Crippen LogP contribution in [0.25, 0.3) is 11.1 Å². The van der Waals surface area contributed by atoms with Gasteiger partial charge in [0, 0.05) is 11.8 Å². The molecule has 2 nitrogen and oxygen atoms in total. The van der Waals surface area contributed by atoms with Gasteiger partial charge in [-0.3, -0.25) is 0 Å². The van der Waals surface area contributed by atoms with Gasteiger partial charge in [-0.1, -0.05) is 12.1 Å². The Hall–Kier alpha value is -1.95. The fraction of sp³-hybridized carbons (Fsp3) is 0.154. The molecule has 0 radical (unpaired) electrons. The lowest BCUT2D eigenvalue weighted by molar-refractivity contribution is -0.138. The standard InChI is InChI=1S/C13H9F4NO/c14-12-4-3-9(6-18-12)8-1-2-10(7-19)11(5-8)13(15,16)17/h1-6,19H,7H2. The Bertz CT molecular complexity index is 578. The summed E-state index contributed by atoms with van der Waals surface area (Å²) in [6, 6.07) is 5.96. The van der Waals surface area contributed by atoms with Crippen molar-refractivity contribution in [1.29, 1.82) is 0 Å². The molecule has 0 bridgehead atoms. The Labute approximate surface area is 106 Å². The quantitative estimate of drug-likeness (QED) is 0.670. The van der Waals surface area contributed by atoms with E-state index in [1.807, 2.05) is 0 Å². The first-order valence-electron chi connectivity index (χ1n) is 5.34. The summed E-state index contributed by atoms with van der Waals surface area (Å²) >= 11 is 0. The summed E-state index contributed by atoms with van der Waals surface area (Å²) in [5, 5.41) is 8.92. The second kappa shape index (κ2) is 4.97. The molecule has 0 amide bonds. The maximum absolute atomic E-state index is 12.8. The smallest absolute Gasteiger partial charge is 0.392 e. The van der Waals surface area contributed by atoms with Crippen molar-refractivity contribution in [1.82, 2.24) is 4.98 Å². The van der Waals surface area contributed by atoms with Gasteiger partial charge in [-0.2, -0.15) is 17.6 Å². The zero-order valence-corrected chi connectivity index (χ0v) is 9.58. The topological polar surface area (TPSA) is 33.1 Å². The van der Waals surface area contributed by atoms with Gasteiger partial charge in [0.1, 0.15) is 0 Å². The Morgan fingerprint density at radius 1 is 1.05 bits per heavy atom. The molecule has 0 fully saturated rings. The molecular formula is C13H9F4NO. The van der Waals surface area contributed by atoms with Gasteiger partial charge in [-0.15, -0.1) is 0 Å². The van der Waals surface area contributed by atoms with E-state index in [1.165, 1.54) is 18.2 Å². The highest BCUT2D eigenvalue weighted by molar-refractivity contribution is 5.64. The Balaban J connectivity index is 2.52. The van der Waals surface area contributed by atoms with Crippen LogP contribution in [0.5, 0.6) is 0 Å². The third-order valence-corrected chi connectivity index (χ3v) is 2.65. The minimum Gasteiger partial charge on any atom is -0.392 e. The molecule has 1 N–H and O–H groups in total. The fourth-order valence-electron chi connectivity index (χ4n) is 1.70. The molecular weight excluding hydrogens is 262 g/mol. The number of halogens is 4. The second-order valence-electron chi connectivity index (χ2n) is 3.90. The van der Waals surface area contributed by atoms with Crippen molar-refractivity contribution in [2.45, 2.75) is 12.8 Å². The number of aliphatic hydroxyl groups is 1. The molecule has 2 rings (SSSR count). The zero-order chi connectivity index (χ0) is 14.0. The molecule has 0 saturated heterocycles. The van der Waals surface area contributed by atoms with Gasteiger partial charge in [0.2, 0.25) is 5.95 Å². The predicted octanol–water partition coefficient (Wildman–Crippen LogP) is 3.40. The van der Waals surface area contributed by atoms with Gasteiger partial charge in [0.15, 0.2) is 0 Å². The third kappa shape index (κ3) is 2.90. The van der Waals surface area contributed by atoms with Crippen LogP contribution in [0.1, 0.15) is 11.1 Å². The SMILES string of the molecule is OCc1ccc(-c2ccc(F)nc2)cc1C(F)(F)F. The van der Waals surface area contributed by atoms with E-state index in [9.17, 15) is 17.6 Å². The number of nitrogens with zero attached hydrogens (tertiary/aromatic N) is 1. The van der Waals surface area contributed by atoms with Crippen LogP contribution in [0.15, 0.2) is 36.5 Å². The van der Waals surface area contributed by atoms with Crippen LogP contribution < -0.4 is 0 Å². The molecule has 2 aromatic rings. The normalized spacial score (nSPS) is 11.6. The highest BCUT2D eigenvalue weighted by atomic mass is 19.4. The highest BCUT2D eigenvalue weighted by Crippen LogP contribution is 2.34. The van der Waals surface area contributed by atoms with Gasteiger partial charge < -0.3 is 5.11 Å². The van der Waals surface area contributed by atoms with Crippen LogP contribution in [0.4, 0.5) is 17.6 Å². The molecule has 1 heterocycles. The highest BCUT2D eigenvalue weighted by Gasteiger charge is 2.33. The van der Waals surface area contributed by atoms with Crippen LogP contribution >= 0.6 is 0 Å².